The van der Waals surface area contributed by atoms with Crippen LogP contribution in [0.5, 0.6) is 0 Å². The first-order valence-corrected chi connectivity index (χ1v) is 12.7. The lowest BCUT2D eigenvalue weighted by molar-refractivity contribution is -0.146. The van der Waals surface area contributed by atoms with Crippen LogP contribution in [0, 0.1) is 11.8 Å². The largest absolute Gasteiger partial charge is 0.467 e. The number of rotatable bonds is 14. The molecule has 0 aliphatic rings. The van der Waals surface area contributed by atoms with E-state index in [0.29, 0.717) is 12.8 Å². The topological polar surface area (TPSA) is 152 Å². The third kappa shape index (κ3) is 11.2. The minimum Gasteiger partial charge on any atom is -0.467 e. The smallest absolute Gasteiger partial charge is 0.408 e. The van der Waals surface area contributed by atoms with Crippen LogP contribution >= 0.6 is 0 Å². The number of carbonyl (C=O) groups is 5. The number of hydrogen-bond donors (Lipinski definition) is 4. The molecule has 4 N–H and O–H groups in total. The SMILES string of the molecule is CC[C@H](C)[C@H](NC(=O)CNC(=O)C(C)(C)NC(=O)OCc1ccccc1)C(=O)N[C@@H](CC(C)C)C(=O)OC. The first kappa shape index (κ1) is 32.4. The molecule has 4 amide bonds. The van der Waals surface area contributed by atoms with E-state index in [4.69, 9.17) is 9.47 Å². The van der Waals surface area contributed by atoms with Crippen molar-refractivity contribution in [2.45, 2.75) is 78.6 Å². The lowest BCUT2D eigenvalue weighted by Crippen LogP contribution is -2.58. The molecule has 1 rings (SSSR count). The highest BCUT2D eigenvalue weighted by Crippen LogP contribution is 2.11. The molecule has 0 bridgehead atoms. The number of alkyl carbamates (subject to hydrolysis) is 1. The molecule has 1 aromatic rings. The number of ether oxygens (including phenoxy) is 2. The van der Waals surface area contributed by atoms with Gasteiger partial charge < -0.3 is 30.7 Å². The van der Waals surface area contributed by atoms with Gasteiger partial charge in [-0.25, -0.2) is 9.59 Å². The monoisotopic (exact) mass is 534 g/mol. The van der Waals surface area contributed by atoms with E-state index < -0.39 is 54.0 Å². The molecule has 0 fully saturated rings. The molecule has 1 aromatic carbocycles. The molecule has 0 aliphatic carbocycles. The van der Waals surface area contributed by atoms with Crippen LogP contribution in [-0.2, 0) is 35.3 Å². The predicted molar refractivity (Wildman–Crippen MR) is 142 cm³/mol. The number of methoxy groups -OCH3 is 1. The number of carbonyl (C=O) groups excluding carboxylic acids is 5. The van der Waals surface area contributed by atoms with Gasteiger partial charge in [0.25, 0.3) is 0 Å². The molecule has 0 aliphatic heterocycles. The van der Waals surface area contributed by atoms with Crippen LogP contribution in [0.15, 0.2) is 30.3 Å². The van der Waals surface area contributed by atoms with Gasteiger partial charge in [-0.1, -0.05) is 64.4 Å². The Morgan fingerprint density at radius 2 is 1.61 bits per heavy atom. The van der Waals surface area contributed by atoms with Crippen LogP contribution < -0.4 is 21.3 Å². The van der Waals surface area contributed by atoms with Crippen molar-refractivity contribution in [2.75, 3.05) is 13.7 Å². The van der Waals surface area contributed by atoms with Crippen LogP contribution in [0.4, 0.5) is 4.79 Å². The van der Waals surface area contributed by atoms with Crippen LogP contribution in [0.3, 0.4) is 0 Å². The maximum Gasteiger partial charge on any atom is 0.408 e. The molecule has 212 valence electrons. The van der Waals surface area contributed by atoms with Gasteiger partial charge >= 0.3 is 12.1 Å². The summed E-state index contributed by atoms with van der Waals surface area (Å²) in [6.07, 6.45) is 0.180. The molecule has 3 atom stereocenters. The summed E-state index contributed by atoms with van der Waals surface area (Å²) in [5, 5.41) is 10.3. The molecule has 11 nitrogen and oxygen atoms in total. The third-order valence-corrected chi connectivity index (χ3v) is 5.93. The van der Waals surface area contributed by atoms with E-state index in [2.05, 4.69) is 21.3 Å². The number of amides is 4. The highest BCUT2D eigenvalue weighted by molar-refractivity contribution is 5.94. The molecule has 0 radical (unpaired) electrons. The Bertz CT molecular complexity index is 950. The van der Waals surface area contributed by atoms with E-state index in [-0.39, 0.29) is 18.4 Å². The summed E-state index contributed by atoms with van der Waals surface area (Å²) in [6, 6.07) is 7.31. The fourth-order valence-electron chi connectivity index (χ4n) is 3.47. The molecule has 0 saturated heterocycles. The van der Waals surface area contributed by atoms with Crippen molar-refractivity contribution in [3.63, 3.8) is 0 Å². The van der Waals surface area contributed by atoms with Gasteiger partial charge in [0, 0.05) is 0 Å². The van der Waals surface area contributed by atoms with Gasteiger partial charge in [-0.3, -0.25) is 14.4 Å². The summed E-state index contributed by atoms with van der Waals surface area (Å²) in [4.78, 5) is 62.6. The first-order valence-electron chi connectivity index (χ1n) is 12.7. The number of esters is 1. The summed E-state index contributed by atoms with van der Waals surface area (Å²) in [7, 11) is 1.25. The molecule has 0 heterocycles. The van der Waals surface area contributed by atoms with Crippen molar-refractivity contribution in [1.29, 1.82) is 0 Å². The Balaban J connectivity index is 2.69. The van der Waals surface area contributed by atoms with Crippen LogP contribution in [0.1, 0.15) is 59.9 Å². The van der Waals surface area contributed by atoms with Crippen molar-refractivity contribution in [3.05, 3.63) is 35.9 Å². The normalized spacial score (nSPS) is 13.5. The molecule has 38 heavy (non-hydrogen) atoms. The summed E-state index contributed by atoms with van der Waals surface area (Å²) in [5.41, 5.74) is -0.574. The highest BCUT2D eigenvalue weighted by atomic mass is 16.5. The molecule has 0 unspecified atom stereocenters. The maximum absolute atomic E-state index is 13.0. The highest BCUT2D eigenvalue weighted by Gasteiger charge is 2.33. The zero-order valence-electron chi connectivity index (χ0n) is 23.4. The molecule has 0 spiro atoms. The molecular formula is C27H42N4O7. The Labute approximate surface area is 224 Å². The summed E-state index contributed by atoms with van der Waals surface area (Å²) in [6.45, 7) is 10.1. The minimum absolute atomic E-state index is 0.0415. The predicted octanol–water partition coefficient (Wildman–Crippen LogP) is 2.04. The van der Waals surface area contributed by atoms with Crippen molar-refractivity contribution < 1.29 is 33.4 Å². The molecular weight excluding hydrogens is 492 g/mol. The van der Waals surface area contributed by atoms with E-state index >= 15 is 0 Å². The zero-order valence-corrected chi connectivity index (χ0v) is 23.4. The van der Waals surface area contributed by atoms with Gasteiger partial charge in [0.05, 0.1) is 13.7 Å². The van der Waals surface area contributed by atoms with Gasteiger partial charge in [-0.2, -0.15) is 0 Å². The number of benzene rings is 1. The second kappa shape index (κ2) is 15.6. The summed E-state index contributed by atoms with van der Waals surface area (Å²) < 4.78 is 9.95. The van der Waals surface area contributed by atoms with E-state index in [1.165, 1.54) is 21.0 Å². The molecule has 0 aromatic heterocycles. The quantitative estimate of drug-likeness (QED) is 0.267. The van der Waals surface area contributed by atoms with E-state index in [1.54, 1.807) is 19.1 Å². The third-order valence-electron chi connectivity index (χ3n) is 5.93. The maximum atomic E-state index is 13.0. The Kier molecular flexibility index (Phi) is 13.3. The van der Waals surface area contributed by atoms with Crippen molar-refractivity contribution in [3.8, 4) is 0 Å². The summed E-state index contributed by atoms with van der Waals surface area (Å²) in [5.74, 6) is -2.41. The Morgan fingerprint density at radius 1 is 0.974 bits per heavy atom. The standard InChI is InChI=1S/C27H42N4O7/c1-8-18(4)22(23(33)29-20(14-17(2)3)24(34)37-7)30-21(32)15-28-25(35)27(5,6)31-26(36)38-16-19-12-10-9-11-13-19/h9-13,17-18,20,22H,8,14-16H2,1-7H3,(H,28,35)(H,29,33)(H,30,32)(H,31,36)/t18-,20-,22-/m0/s1. The number of hydrogen-bond acceptors (Lipinski definition) is 7. The lowest BCUT2D eigenvalue weighted by atomic mass is 9.97. The van der Waals surface area contributed by atoms with Gasteiger partial charge in [0.2, 0.25) is 17.7 Å². The fourth-order valence-corrected chi connectivity index (χ4v) is 3.47. The lowest BCUT2D eigenvalue weighted by Gasteiger charge is -2.27. The Hall–Kier alpha value is -3.63. The second-order valence-corrected chi connectivity index (χ2v) is 10.1. The van der Waals surface area contributed by atoms with E-state index in [0.717, 1.165) is 5.56 Å². The zero-order chi connectivity index (χ0) is 28.9. The van der Waals surface area contributed by atoms with Crippen molar-refractivity contribution in [2.24, 2.45) is 11.8 Å². The van der Waals surface area contributed by atoms with Crippen LogP contribution in [0.25, 0.3) is 0 Å². The summed E-state index contributed by atoms with van der Waals surface area (Å²) >= 11 is 0. The van der Waals surface area contributed by atoms with Gasteiger partial charge in [-0.15, -0.1) is 0 Å². The fraction of sp³-hybridized carbons (Fsp3) is 0.593. The van der Waals surface area contributed by atoms with Crippen LogP contribution in [0.2, 0.25) is 0 Å². The van der Waals surface area contributed by atoms with Gasteiger partial charge in [0.15, 0.2) is 0 Å². The van der Waals surface area contributed by atoms with E-state index in [9.17, 15) is 24.0 Å². The molecule has 0 saturated carbocycles. The average molecular weight is 535 g/mol. The average Bonchev–Trinajstić information content (AvgIpc) is 2.87. The van der Waals surface area contributed by atoms with Gasteiger partial charge in [-0.05, 0) is 37.7 Å². The second-order valence-electron chi connectivity index (χ2n) is 10.1. The Morgan fingerprint density at radius 3 is 2.16 bits per heavy atom. The number of nitrogens with one attached hydrogen (secondary N) is 4. The minimum atomic E-state index is -1.37. The van der Waals surface area contributed by atoms with Crippen molar-refractivity contribution in [1.82, 2.24) is 21.3 Å². The first-order chi connectivity index (χ1) is 17.8. The van der Waals surface area contributed by atoms with E-state index in [1.807, 2.05) is 39.0 Å². The van der Waals surface area contributed by atoms with Crippen LogP contribution in [-0.4, -0.2) is 61.1 Å². The van der Waals surface area contributed by atoms with Gasteiger partial charge in [0.1, 0.15) is 24.2 Å². The van der Waals surface area contributed by atoms with Crippen molar-refractivity contribution >= 4 is 29.8 Å². The molecule has 11 heteroatoms.